The fourth-order valence-corrected chi connectivity index (χ4v) is 1.98. The molecule has 19 heavy (non-hydrogen) atoms. The second kappa shape index (κ2) is 7.39. The number of nitrogens with one attached hydrogen (secondary N) is 1. The van der Waals surface area contributed by atoms with E-state index in [1.165, 1.54) is 0 Å². The molecule has 0 spiro atoms. The number of anilines is 1. The lowest BCUT2D eigenvalue weighted by molar-refractivity contribution is 0.196. The highest BCUT2D eigenvalue weighted by Gasteiger charge is 2.16. The topological polar surface area (TPSA) is 32.3 Å². The number of carbonyl (C=O) groups excluding carboxylic acids is 1. The first-order valence-electron chi connectivity index (χ1n) is 6.70. The van der Waals surface area contributed by atoms with Gasteiger partial charge in [0.25, 0.3) is 0 Å². The third-order valence-electron chi connectivity index (χ3n) is 2.55. The Bertz CT molecular complexity index is 391. The molecule has 3 nitrogen and oxygen atoms in total. The minimum Gasteiger partial charge on any atom is -0.324 e. The van der Waals surface area contributed by atoms with Gasteiger partial charge in [-0.1, -0.05) is 39.3 Å². The predicted molar refractivity (Wildman–Crippen MR) is 81.7 cm³/mol. The summed E-state index contributed by atoms with van der Waals surface area (Å²) in [6, 6.07) is 7.11. The lowest BCUT2D eigenvalue weighted by atomic mass is 10.1. The van der Waals surface area contributed by atoms with Crippen LogP contribution in [0.4, 0.5) is 10.5 Å². The standard InChI is InChI=1S/C15H23ClN2O/c1-11(2)9-18(10-12(3)4)15(19)17-14-7-5-13(16)6-8-14/h5-8,11-12H,9-10H2,1-4H3,(H,17,19). The smallest absolute Gasteiger partial charge is 0.321 e. The first-order valence-corrected chi connectivity index (χ1v) is 7.07. The van der Waals surface area contributed by atoms with Gasteiger partial charge in [0.05, 0.1) is 0 Å². The number of nitrogens with zero attached hydrogens (tertiary/aromatic N) is 1. The molecule has 0 fully saturated rings. The Hall–Kier alpha value is -1.22. The first kappa shape index (κ1) is 15.8. The molecular formula is C15H23ClN2O. The summed E-state index contributed by atoms with van der Waals surface area (Å²) >= 11 is 5.83. The van der Waals surface area contributed by atoms with Crippen molar-refractivity contribution in [3.05, 3.63) is 29.3 Å². The average Bonchev–Trinajstić information content (AvgIpc) is 2.30. The van der Waals surface area contributed by atoms with Crippen LogP contribution in [0.15, 0.2) is 24.3 Å². The number of urea groups is 1. The average molecular weight is 283 g/mol. The Morgan fingerprint density at radius 3 is 2.00 bits per heavy atom. The zero-order valence-corrected chi connectivity index (χ0v) is 12.9. The van der Waals surface area contributed by atoms with E-state index in [-0.39, 0.29) is 6.03 Å². The van der Waals surface area contributed by atoms with Gasteiger partial charge in [0.15, 0.2) is 0 Å². The number of carbonyl (C=O) groups is 1. The fraction of sp³-hybridized carbons (Fsp3) is 0.533. The molecule has 0 atom stereocenters. The summed E-state index contributed by atoms with van der Waals surface area (Å²) in [6.07, 6.45) is 0. The second-order valence-corrected chi connectivity index (χ2v) is 6.07. The maximum atomic E-state index is 12.3. The molecule has 0 aliphatic carbocycles. The van der Waals surface area contributed by atoms with Crippen molar-refractivity contribution in [2.45, 2.75) is 27.7 Å². The van der Waals surface area contributed by atoms with Gasteiger partial charge in [-0.15, -0.1) is 0 Å². The van der Waals surface area contributed by atoms with Crippen LogP contribution in [0.1, 0.15) is 27.7 Å². The molecule has 0 unspecified atom stereocenters. The third-order valence-corrected chi connectivity index (χ3v) is 2.81. The van der Waals surface area contributed by atoms with E-state index >= 15 is 0 Å². The molecule has 1 aromatic carbocycles. The number of hydrogen-bond acceptors (Lipinski definition) is 1. The summed E-state index contributed by atoms with van der Waals surface area (Å²) in [5, 5.41) is 3.57. The number of amides is 2. The summed E-state index contributed by atoms with van der Waals surface area (Å²) in [7, 11) is 0. The van der Waals surface area contributed by atoms with Gasteiger partial charge >= 0.3 is 6.03 Å². The highest BCUT2D eigenvalue weighted by Crippen LogP contribution is 2.14. The summed E-state index contributed by atoms with van der Waals surface area (Å²) in [5.41, 5.74) is 0.770. The normalized spacial score (nSPS) is 10.9. The molecule has 106 valence electrons. The lowest BCUT2D eigenvalue weighted by Gasteiger charge is -2.26. The Morgan fingerprint density at radius 2 is 1.58 bits per heavy atom. The van der Waals surface area contributed by atoms with Crippen molar-refractivity contribution in [1.29, 1.82) is 0 Å². The molecule has 0 aliphatic heterocycles. The van der Waals surface area contributed by atoms with Gasteiger partial charge in [-0.05, 0) is 36.1 Å². The van der Waals surface area contributed by atoms with Crippen molar-refractivity contribution < 1.29 is 4.79 Å². The van der Waals surface area contributed by atoms with Crippen molar-refractivity contribution in [1.82, 2.24) is 4.90 Å². The molecule has 0 saturated heterocycles. The van der Waals surface area contributed by atoms with Crippen molar-refractivity contribution in [2.75, 3.05) is 18.4 Å². The summed E-state index contributed by atoms with van der Waals surface area (Å²) < 4.78 is 0. The number of halogens is 1. The van der Waals surface area contributed by atoms with E-state index in [9.17, 15) is 4.79 Å². The van der Waals surface area contributed by atoms with Crippen molar-refractivity contribution in [3.8, 4) is 0 Å². The molecule has 0 bridgehead atoms. The van der Waals surface area contributed by atoms with E-state index in [0.29, 0.717) is 16.9 Å². The molecule has 0 aliphatic rings. The van der Waals surface area contributed by atoms with Gasteiger partial charge in [0, 0.05) is 23.8 Å². The van der Waals surface area contributed by atoms with Crippen molar-refractivity contribution >= 4 is 23.3 Å². The lowest BCUT2D eigenvalue weighted by Crippen LogP contribution is -2.39. The van der Waals surface area contributed by atoms with Gasteiger partial charge in [0.2, 0.25) is 0 Å². The SMILES string of the molecule is CC(C)CN(CC(C)C)C(=O)Nc1ccc(Cl)cc1. The Morgan fingerprint density at radius 1 is 1.11 bits per heavy atom. The Kier molecular flexibility index (Phi) is 6.16. The monoisotopic (exact) mass is 282 g/mol. The fourth-order valence-electron chi connectivity index (χ4n) is 1.86. The maximum absolute atomic E-state index is 12.3. The molecule has 1 rings (SSSR count). The van der Waals surface area contributed by atoms with Crippen LogP contribution in [0.5, 0.6) is 0 Å². The molecule has 0 saturated carbocycles. The molecule has 4 heteroatoms. The van der Waals surface area contributed by atoms with E-state index in [4.69, 9.17) is 11.6 Å². The second-order valence-electron chi connectivity index (χ2n) is 5.63. The van der Waals surface area contributed by atoms with Crippen LogP contribution in [0, 0.1) is 11.8 Å². The summed E-state index contributed by atoms with van der Waals surface area (Å²) in [6.45, 7) is 9.98. The molecular weight excluding hydrogens is 260 g/mol. The van der Waals surface area contributed by atoms with Crippen LogP contribution < -0.4 is 5.32 Å². The van der Waals surface area contributed by atoms with E-state index in [0.717, 1.165) is 18.8 Å². The van der Waals surface area contributed by atoms with Crippen LogP contribution >= 0.6 is 11.6 Å². The van der Waals surface area contributed by atoms with Crippen LogP contribution in [-0.2, 0) is 0 Å². The van der Waals surface area contributed by atoms with E-state index in [1.54, 1.807) is 12.1 Å². The van der Waals surface area contributed by atoms with E-state index in [2.05, 4.69) is 33.0 Å². The zero-order valence-electron chi connectivity index (χ0n) is 12.1. The molecule has 0 heterocycles. The highest BCUT2D eigenvalue weighted by atomic mass is 35.5. The van der Waals surface area contributed by atoms with Crippen LogP contribution in [-0.4, -0.2) is 24.0 Å². The van der Waals surface area contributed by atoms with Crippen LogP contribution in [0.25, 0.3) is 0 Å². The zero-order chi connectivity index (χ0) is 14.4. The number of hydrogen-bond donors (Lipinski definition) is 1. The quantitative estimate of drug-likeness (QED) is 0.848. The van der Waals surface area contributed by atoms with Crippen molar-refractivity contribution in [2.24, 2.45) is 11.8 Å². The highest BCUT2D eigenvalue weighted by molar-refractivity contribution is 6.30. The van der Waals surface area contributed by atoms with Gasteiger partial charge < -0.3 is 10.2 Å². The minimum atomic E-state index is -0.0512. The molecule has 0 radical (unpaired) electrons. The Balaban J connectivity index is 2.67. The van der Waals surface area contributed by atoms with Crippen LogP contribution in [0.3, 0.4) is 0 Å². The largest absolute Gasteiger partial charge is 0.324 e. The predicted octanol–water partition coefficient (Wildman–Crippen LogP) is 4.49. The van der Waals surface area contributed by atoms with Gasteiger partial charge in [-0.2, -0.15) is 0 Å². The van der Waals surface area contributed by atoms with Gasteiger partial charge in [-0.25, -0.2) is 4.79 Å². The minimum absolute atomic E-state index is 0.0512. The first-order chi connectivity index (χ1) is 8.88. The molecule has 1 N–H and O–H groups in total. The van der Waals surface area contributed by atoms with Gasteiger partial charge in [-0.3, -0.25) is 0 Å². The summed E-state index contributed by atoms with van der Waals surface area (Å²) in [4.78, 5) is 14.1. The molecule has 2 amide bonds. The van der Waals surface area contributed by atoms with Crippen molar-refractivity contribution in [3.63, 3.8) is 0 Å². The third kappa shape index (κ3) is 5.97. The Labute approximate surface area is 120 Å². The van der Waals surface area contributed by atoms with Crippen LogP contribution in [0.2, 0.25) is 5.02 Å². The van der Waals surface area contributed by atoms with E-state index < -0.39 is 0 Å². The number of rotatable bonds is 5. The molecule has 0 aromatic heterocycles. The maximum Gasteiger partial charge on any atom is 0.321 e. The molecule has 1 aromatic rings. The summed E-state index contributed by atoms with van der Waals surface area (Å²) in [5.74, 6) is 0.907. The van der Waals surface area contributed by atoms with Gasteiger partial charge in [0.1, 0.15) is 0 Å². The number of benzene rings is 1. The van der Waals surface area contributed by atoms with E-state index in [1.807, 2.05) is 17.0 Å².